The van der Waals surface area contributed by atoms with E-state index in [0.29, 0.717) is 5.92 Å². The number of nitrogens with one attached hydrogen (secondary N) is 1. The molecule has 1 aromatic rings. The van der Waals surface area contributed by atoms with E-state index >= 15 is 0 Å². The van der Waals surface area contributed by atoms with Gasteiger partial charge in [-0.1, -0.05) is 5.16 Å². The zero-order valence-electron chi connectivity index (χ0n) is 6.42. The summed E-state index contributed by atoms with van der Waals surface area (Å²) in [5.41, 5.74) is 1.26. The van der Waals surface area contributed by atoms with Crippen LogP contribution >= 0.6 is 0 Å². The molecular formula is C8H12N2O. The molecule has 0 radical (unpaired) electrons. The SMILES string of the molecule is c1nocc1C1CCNCC1. The summed E-state index contributed by atoms with van der Waals surface area (Å²) in [6.07, 6.45) is 6.01. The molecule has 2 heterocycles. The molecule has 1 fully saturated rings. The number of aromatic nitrogens is 1. The molecule has 0 spiro atoms. The predicted octanol–water partition coefficient (Wildman–Crippen LogP) is 1.14. The third-order valence-electron chi connectivity index (χ3n) is 2.26. The number of hydrogen-bond acceptors (Lipinski definition) is 3. The highest BCUT2D eigenvalue weighted by molar-refractivity contribution is 5.09. The van der Waals surface area contributed by atoms with E-state index in [2.05, 4.69) is 10.5 Å². The smallest absolute Gasteiger partial charge is 0.127 e. The molecule has 1 aliphatic heterocycles. The van der Waals surface area contributed by atoms with E-state index in [9.17, 15) is 0 Å². The van der Waals surface area contributed by atoms with Crippen molar-refractivity contribution in [3.63, 3.8) is 0 Å². The molecule has 1 N–H and O–H groups in total. The molecule has 0 aromatic carbocycles. The maximum absolute atomic E-state index is 4.80. The van der Waals surface area contributed by atoms with Crippen LogP contribution in [-0.4, -0.2) is 18.2 Å². The van der Waals surface area contributed by atoms with Gasteiger partial charge in [0.25, 0.3) is 0 Å². The van der Waals surface area contributed by atoms with E-state index in [4.69, 9.17) is 4.52 Å². The first-order valence-corrected chi connectivity index (χ1v) is 4.07. The highest BCUT2D eigenvalue weighted by Crippen LogP contribution is 2.23. The van der Waals surface area contributed by atoms with Crippen molar-refractivity contribution in [2.24, 2.45) is 0 Å². The van der Waals surface area contributed by atoms with Crippen LogP contribution in [0, 0.1) is 0 Å². The highest BCUT2D eigenvalue weighted by atomic mass is 16.5. The Balaban J connectivity index is 2.04. The van der Waals surface area contributed by atoms with Crippen molar-refractivity contribution in [1.29, 1.82) is 0 Å². The largest absolute Gasteiger partial charge is 0.364 e. The molecular weight excluding hydrogens is 140 g/mol. The summed E-state index contributed by atoms with van der Waals surface area (Å²) in [6, 6.07) is 0. The van der Waals surface area contributed by atoms with Crippen LogP contribution in [0.2, 0.25) is 0 Å². The zero-order valence-corrected chi connectivity index (χ0v) is 6.42. The summed E-state index contributed by atoms with van der Waals surface area (Å²) >= 11 is 0. The van der Waals surface area contributed by atoms with Crippen LogP contribution in [0.15, 0.2) is 17.0 Å². The minimum absolute atomic E-state index is 0.669. The van der Waals surface area contributed by atoms with Gasteiger partial charge in [-0.3, -0.25) is 0 Å². The molecule has 11 heavy (non-hydrogen) atoms. The average molecular weight is 152 g/mol. The lowest BCUT2D eigenvalue weighted by Gasteiger charge is -2.20. The van der Waals surface area contributed by atoms with Crippen molar-refractivity contribution in [2.45, 2.75) is 18.8 Å². The molecule has 0 atom stereocenters. The molecule has 0 aliphatic carbocycles. The summed E-state index contributed by atoms with van der Waals surface area (Å²) in [7, 11) is 0. The van der Waals surface area contributed by atoms with E-state index in [1.54, 1.807) is 6.26 Å². The Kier molecular flexibility index (Phi) is 1.90. The van der Waals surface area contributed by atoms with Crippen LogP contribution in [-0.2, 0) is 0 Å². The van der Waals surface area contributed by atoms with Gasteiger partial charge in [-0.05, 0) is 31.8 Å². The predicted molar refractivity (Wildman–Crippen MR) is 41.3 cm³/mol. The van der Waals surface area contributed by atoms with Crippen LogP contribution in [0.5, 0.6) is 0 Å². The van der Waals surface area contributed by atoms with Crippen LogP contribution in [0.3, 0.4) is 0 Å². The second-order valence-electron chi connectivity index (χ2n) is 2.98. The lowest BCUT2D eigenvalue weighted by atomic mass is 9.93. The molecule has 2 rings (SSSR count). The highest BCUT2D eigenvalue weighted by Gasteiger charge is 2.15. The second-order valence-corrected chi connectivity index (χ2v) is 2.98. The fourth-order valence-electron chi connectivity index (χ4n) is 1.57. The molecule has 0 saturated carbocycles. The topological polar surface area (TPSA) is 38.1 Å². The summed E-state index contributed by atoms with van der Waals surface area (Å²) in [4.78, 5) is 0. The number of rotatable bonds is 1. The van der Waals surface area contributed by atoms with E-state index in [-0.39, 0.29) is 0 Å². The summed E-state index contributed by atoms with van der Waals surface area (Å²) < 4.78 is 4.80. The Morgan fingerprint density at radius 3 is 2.91 bits per heavy atom. The quantitative estimate of drug-likeness (QED) is 0.655. The third kappa shape index (κ3) is 1.43. The van der Waals surface area contributed by atoms with Gasteiger partial charge >= 0.3 is 0 Å². The van der Waals surface area contributed by atoms with E-state index < -0.39 is 0 Å². The first-order valence-electron chi connectivity index (χ1n) is 4.07. The molecule has 3 heteroatoms. The molecule has 0 amide bonds. The van der Waals surface area contributed by atoms with Gasteiger partial charge in [0.15, 0.2) is 0 Å². The summed E-state index contributed by atoms with van der Waals surface area (Å²) in [6.45, 7) is 2.24. The van der Waals surface area contributed by atoms with E-state index in [1.165, 1.54) is 18.4 Å². The molecule has 3 nitrogen and oxygen atoms in total. The lowest BCUT2D eigenvalue weighted by Crippen LogP contribution is -2.26. The Bertz CT molecular complexity index is 202. The minimum Gasteiger partial charge on any atom is -0.364 e. The van der Waals surface area contributed by atoms with Crippen molar-refractivity contribution >= 4 is 0 Å². The Morgan fingerprint density at radius 1 is 1.45 bits per heavy atom. The maximum Gasteiger partial charge on any atom is 0.127 e. The first kappa shape index (κ1) is 6.85. The second kappa shape index (κ2) is 3.05. The number of nitrogens with zero attached hydrogens (tertiary/aromatic N) is 1. The van der Waals surface area contributed by atoms with Gasteiger partial charge in [-0.25, -0.2) is 0 Å². The van der Waals surface area contributed by atoms with Gasteiger partial charge in [0.1, 0.15) is 6.26 Å². The van der Waals surface area contributed by atoms with Crippen molar-refractivity contribution in [1.82, 2.24) is 10.5 Å². The minimum atomic E-state index is 0.669. The van der Waals surface area contributed by atoms with E-state index in [1.807, 2.05) is 6.20 Å². The number of hydrogen-bond donors (Lipinski definition) is 1. The van der Waals surface area contributed by atoms with Crippen molar-refractivity contribution < 1.29 is 4.52 Å². The maximum atomic E-state index is 4.80. The van der Waals surface area contributed by atoms with Gasteiger partial charge in [-0.15, -0.1) is 0 Å². The summed E-state index contributed by atoms with van der Waals surface area (Å²) in [5, 5.41) is 7.03. The van der Waals surface area contributed by atoms with Crippen LogP contribution < -0.4 is 5.32 Å². The van der Waals surface area contributed by atoms with Crippen LogP contribution in [0.1, 0.15) is 24.3 Å². The molecule has 0 bridgehead atoms. The molecule has 1 aromatic heterocycles. The van der Waals surface area contributed by atoms with Crippen molar-refractivity contribution in [3.8, 4) is 0 Å². The van der Waals surface area contributed by atoms with Crippen LogP contribution in [0.25, 0.3) is 0 Å². The van der Waals surface area contributed by atoms with Gasteiger partial charge in [-0.2, -0.15) is 0 Å². The van der Waals surface area contributed by atoms with E-state index in [0.717, 1.165) is 13.1 Å². The van der Waals surface area contributed by atoms with Crippen LogP contribution in [0.4, 0.5) is 0 Å². The molecule has 60 valence electrons. The van der Waals surface area contributed by atoms with Crippen molar-refractivity contribution in [3.05, 3.63) is 18.0 Å². The third-order valence-corrected chi connectivity index (χ3v) is 2.26. The fraction of sp³-hybridized carbons (Fsp3) is 0.625. The fourth-order valence-corrected chi connectivity index (χ4v) is 1.57. The summed E-state index contributed by atoms with van der Waals surface area (Å²) in [5.74, 6) is 0.669. The monoisotopic (exact) mass is 152 g/mol. The van der Waals surface area contributed by atoms with Gasteiger partial charge in [0.05, 0.1) is 6.20 Å². The Morgan fingerprint density at radius 2 is 2.27 bits per heavy atom. The standard InChI is InChI=1S/C8H12N2O/c1-3-9-4-2-7(1)8-5-10-11-6-8/h5-7,9H,1-4H2. The van der Waals surface area contributed by atoms with Gasteiger partial charge in [0.2, 0.25) is 0 Å². The Hall–Kier alpha value is -0.830. The number of piperidine rings is 1. The zero-order chi connectivity index (χ0) is 7.52. The molecule has 1 aliphatic rings. The molecule has 1 saturated heterocycles. The van der Waals surface area contributed by atoms with Crippen molar-refractivity contribution in [2.75, 3.05) is 13.1 Å². The molecule has 0 unspecified atom stereocenters. The van der Waals surface area contributed by atoms with Gasteiger partial charge in [0, 0.05) is 5.56 Å². The lowest BCUT2D eigenvalue weighted by molar-refractivity contribution is 0.413. The Labute approximate surface area is 65.8 Å². The average Bonchev–Trinajstić information content (AvgIpc) is 2.58. The van der Waals surface area contributed by atoms with Gasteiger partial charge < -0.3 is 9.84 Å². The first-order chi connectivity index (χ1) is 5.47. The normalized spacial score (nSPS) is 20.4.